The number of hydrogen-bond donors (Lipinski definition) is 1. The number of benzene rings is 3. The van der Waals surface area contributed by atoms with Crippen LogP contribution < -0.4 is 14.8 Å². The minimum absolute atomic E-state index is 0.0414. The summed E-state index contributed by atoms with van der Waals surface area (Å²) < 4.78 is 10.6. The third-order valence-corrected chi connectivity index (χ3v) is 5.99. The molecule has 2 amide bonds. The highest BCUT2D eigenvalue weighted by atomic mass is 16.5. The maximum atomic E-state index is 13.2. The van der Waals surface area contributed by atoms with Gasteiger partial charge in [0.15, 0.2) is 11.5 Å². The molecule has 1 N–H and O–H groups in total. The Bertz CT molecular complexity index is 1090. The molecular weight excluding hydrogens is 440 g/mol. The van der Waals surface area contributed by atoms with E-state index in [4.69, 9.17) is 9.47 Å². The Labute approximate surface area is 207 Å². The Morgan fingerprint density at radius 3 is 2.06 bits per heavy atom. The number of amides is 2. The molecule has 1 unspecified atom stereocenters. The molecule has 0 bridgehead atoms. The molecule has 35 heavy (non-hydrogen) atoms. The van der Waals surface area contributed by atoms with E-state index in [0.29, 0.717) is 43.9 Å². The quantitative estimate of drug-likeness (QED) is 0.422. The predicted octanol–water partition coefficient (Wildman–Crippen LogP) is 4.41. The number of carbonyl (C=O) groups is 2. The van der Waals surface area contributed by atoms with Crippen molar-refractivity contribution in [3.05, 3.63) is 95.6 Å². The van der Waals surface area contributed by atoms with Gasteiger partial charge >= 0.3 is 0 Å². The van der Waals surface area contributed by atoms with Crippen molar-refractivity contribution in [2.45, 2.75) is 38.8 Å². The fourth-order valence-corrected chi connectivity index (χ4v) is 3.92. The smallest absolute Gasteiger partial charge is 0.242 e. The molecule has 6 nitrogen and oxygen atoms in total. The van der Waals surface area contributed by atoms with Crippen LogP contribution in [0.3, 0.4) is 0 Å². The van der Waals surface area contributed by atoms with Gasteiger partial charge in [-0.2, -0.15) is 0 Å². The van der Waals surface area contributed by atoms with Gasteiger partial charge in [-0.3, -0.25) is 9.59 Å². The van der Waals surface area contributed by atoms with Crippen LogP contribution in [0.4, 0.5) is 0 Å². The van der Waals surface area contributed by atoms with Crippen molar-refractivity contribution < 1.29 is 19.1 Å². The van der Waals surface area contributed by atoms with Gasteiger partial charge in [0, 0.05) is 19.5 Å². The highest BCUT2D eigenvalue weighted by Gasteiger charge is 2.25. The Kier molecular flexibility index (Phi) is 9.72. The summed E-state index contributed by atoms with van der Waals surface area (Å²) in [5, 5.41) is 2.99. The van der Waals surface area contributed by atoms with E-state index in [2.05, 4.69) is 5.32 Å². The molecule has 0 heterocycles. The Hall–Kier alpha value is -3.80. The third kappa shape index (κ3) is 7.60. The topological polar surface area (TPSA) is 67.9 Å². The minimum Gasteiger partial charge on any atom is -0.493 e. The monoisotopic (exact) mass is 474 g/mol. The largest absolute Gasteiger partial charge is 0.493 e. The molecule has 184 valence electrons. The van der Waals surface area contributed by atoms with E-state index in [9.17, 15) is 9.59 Å². The van der Waals surface area contributed by atoms with Crippen molar-refractivity contribution >= 4 is 11.8 Å². The summed E-state index contributed by atoms with van der Waals surface area (Å²) in [5.74, 6) is 1.11. The number of nitrogens with zero attached hydrogens (tertiary/aromatic N) is 1. The number of aryl methyl sites for hydroxylation is 1. The predicted molar refractivity (Wildman–Crippen MR) is 137 cm³/mol. The zero-order valence-corrected chi connectivity index (χ0v) is 20.7. The van der Waals surface area contributed by atoms with Gasteiger partial charge in [0.2, 0.25) is 11.8 Å². The van der Waals surface area contributed by atoms with Crippen molar-refractivity contribution in [1.29, 1.82) is 0 Å². The summed E-state index contributed by atoms with van der Waals surface area (Å²) in [5.41, 5.74) is 3.12. The Morgan fingerprint density at radius 1 is 0.800 bits per heavy atom. The van der Waals surface area contributed by atoms with Crippen LogP contribution in [0.5, 0.6) is 11.5 Å². The van der Waals surface area contributed by atoms with Crippen LogP contribution in [-0.4, -0.2) is 43.5 Å². The molecule has 0 fully saturated rings. The SMILES string of the molecule is COc1ccc(CCNC(=O)C(C)N(Cc2ccccc2)C(=O)CCc2ccccc2)cc1OC. The van der Waals surface area contributed by atoms with Gasteiger partial charge in [-0.05, 0) is 48.6 Å². The highest BCUT2D eigenvalue weighted by Crippen LogP contribution is 2.27. The van der Waals surface area contributed by atoms with Crippen LogP contribution in [0.2, 0.25) is 0 Å². The average molecular weight is 475 g/mol. The summed E-state index contributed by atoms with van der Waals surface area (Å²) in [6, 6.07) is 24.8. The molecule has 6 heteroatoms. The van der Waals surface area contributed by atoms with Crippen molar-refractivity contribution in [1.82, 2.24) is 10.2 Å². The molecule has 0 saturated carbocycles. The van der Waals surface area contributed by atoms with Crippen molar-refractivity contribution in [2.24, 2.45) is 0 Å². The maximum Gasteiger partial charge on any atom is 0.242 e. The average Bonchev–Trinajstić information content (AvgIpc) is 2.91. The van der Waals surface area contributed by atoms with Gasteiger partial charge in [-0.25, -0.2) is 0 Å². The summed E-state index contributed by atoms with van der Waals surface area (Å²) in [4.78, 5) is 27.9. The second-order valence-corrected chi connectivity index (χ2v) is 8.40. The highest BCUT2D eigenvalue weighted by molar-refractivity contribution is 5.87. The molecule has 0 aliphatic heterocycles. The van der Waals surface area contributed by atoms with Crippen molar-refractivity contribution in [3.63, 3.8) is 0 Å². The molecule has 0 aliphatic rings. The molecule has 0 aliphatic carbocycles. The van der Waals surface area contributed by atoms with Crippen LogP contribution >= 0.6 is 0 Å². The lowest BCUT2D eigenvalue weighted by molar-refractivity contribution is -0.140. The first kappa shape index (κ1) is 25.8. The van der Waals surface area contributed by atoms with Crippen LogP contribution in [0.1, 0.15) is 30.0 Å². The van der Waals surface area contributed by atoms with E-state index in [1.54, 1.807) is 26.0 Å². The maximum absolute atomic E-state index is 13.2. The van der Waals surface area contributed by atoms with Crippen LogP contribution in [0.25, 0.3) is 0 Å². The Morgan fingerprint density at radius 2 is 1.43 bits per heavy atom. The van der Waals surface area contributed by atoms with E-state index in [1.807, 2.05) is 78.9 Å². The number of nitrogens with one attached hydrogen (secondary N) is 1. The van der Waals surface area contributed by atoms with Gasteiger partial charge in [0.25, 0.3) is 0 Å². The molecule has 0 aromatic heterocycles. The molecule has 1 atom stereocenters. The summed E-state index contributed by atoms with van der Waals surface area (Å²) in [6.45, 7) is 2.63. The fourth-order valence-electron chi connectivity index (χ4n) is 3.92. The van der Waals surface area contributed by atoms with E-state index in [-0.39, 0.29) is 11.8 Å². The lowest BCUT2D eigenvalue weighted by Gasteiger charge is -2.29. The molecule has 3 aromatic carbocycles. The van der Waals surface area contributed by atoms with Gasteiger partial charge in [-0.15, -0.1) is 0 Å². The number of carbonyl (C=O) groups excluding carboxylic acids is 2. The van der Waals surface area contributed by atoms with Gasteiger partial charge < -0.3 is 19.7 Å². The first-order valence-electron chi connectivity index (χ1n) is 11.9. The second-order valence-electron chi connectivity index (χ2n) is 8.40. The third-order valence-electron chi connectivity index (χ3n) is 5.99. The van der Waals surface area contributed by atoms with Gasteiger partial charge in [0.1, 0.15) is 6.04 Å². The van der Waals surface area contributed by atoms with Crippen molar-refractivity contribution in [2.75, 3.05) is 20.8 Å². The van der Waals surface area contributed by atoms with Crippen molar-refractivity contribution in [3.8, 4) is 11.5 Å². The summed E-state index contributed by atoms with van der Waals surface area (Å²) in [7, 11) is 3.20. The molecule has 3 rings (SSSR count). The fraction of sp³-hybridized carbons (Fsp3) is 0.310. The molecular formula is C29H34N2O4. The van der Waals surface area contributed by atoms with Crippen LogP contribution in [-0.2, 0) is 29.0 Å². The number of rotatable bonds is 12. The first-order valence-corrected chi connectivity index (χ1v) is 11.9. The zero-order chi connectivity index (χ0) is 25.0. The molecule has 3 aromatic rings. The summed E-state index contributed by atoms with van der Waals surface area (Å²) in [6.07, 6.45) is 1.62. The zero-order valence-electron chi connectivity index (χ0n) is 20.7. The Balaban J connectivity index is 1.62. The normalized spacial score (nSPS) is 11.4. The van der Waals surface area contributed by atoms with Crippen LogP contribution in [0.15, 0.2) is 78.9 Å². The summed E-state index contributed by atoms with van der Waals surface area (Å²) >= 11 is 0. The lowest BCUT2D eigenvalue weighted by atomic mass is 10.1. The molecule has 0 spiro atoms. The van der Waals surface area contributed by atoms with E-state index < -0.39 is 6.04 Å². The number of hydrogen-bond acceptors (Lipinski definition) is 4. The van der Waals surface area contributed by atoms with E-state index in [1.165, 1.54) is 0 Å². The number of methoxy groups -OCH3 is 2. The molecule has 0 radical (unpaired) electrons. The van der Waals surface area contributed by atoms with Gasteiger partial charge in [-0.1, -0.05) is 66.7 Å². The first-order chi connectivity index (χ1) is 17.0. The minimum atomic E-state index is -0.594. The van der Waals surface area contributed by atoms with Crippen LogP contribution in [0, 0.1) is 0 Å². The number of ether oxygens (including phenoxy) is 2. The van der Waals surface area contributed by atoms with E-state index in [0.717, 1.165) is 16.7 Å². The van der Waals surface area contributed by atoms with Gasteiger partial charge in [0.05, 0.1) is 14.2 Å². The standard InChI is InChI=1S/C29H34N2O4/c1-22(29(33)30-19-18-24-14-16-26(34-2)27(20-24)35-3)31(21-25-12-8-5-9-13-25)28(32)17-15-23-10-6-4-7-11-23/h4-14,16,20,22H,15,17-19,21H2,1-3H3,(H,30,33). The van der Waals surface area contributed by atoms with E-state index >= 15 is 0 Å². The second kappa shape index (κ2) is 13.2. The molecule has 0 saturated heterocycles. The lowest BCUT2D eigenvalue weighted by Crippen LogP contribution is -2.48.